The van der Waals surface area contributed by atoms with Crippen LogP contribution in [0.5, 0.6) is 0 Å². The second kappa shape index (κ2) is 8.35. The Morgan fingerprint density at radius 1 is 1.45 bits per heavy atom. The summed E-state index contributed by atoms with van der Waals surface area (Å²) < 4.78 is 50.7. The molecule has 5 nitrogen and oxygen atoms in total. The normalized spacial score (nSPS) is 18.7. The summed E-state index contributed by atoms with van der Waals surface area (Å²) in [6.45, 7) is 2.07. The van der Waals surface area contributed by atoms with Crippen molar-refractivity contribution in [2.75, 3.05) is 26.4 Å². The minimum absolute atomic E-state index is 0.0224. The van der Waals surface area contributed by atoms with Crippen LogP contribution in [-0.4, -0.2) is 40.9 Å². The average molecular weight is 396 g/mol. The van der Waals surface area contributed by atoms with E-state index in [4.69, 9.17) is 9.47 Å². The number of hydrogen-bond donors (Lipinski definition) is 1. The van der Waals surface area contributed by atoms with Crippen LogP contribution in [-0.2, 0) is 19.5 Å². The molecule has 0 radical (unpaired) electrons. The van der Waals surface area contributed by atoms with Crippen LogP contribution in [0.3, 0.4) is 0 Å². The largest absolute Gasteiger partial charge is 0.379 e. The molecule has 124 valence electrons. The highest BCUT2D eigenvalue weighted by Crippen LogP contribution is 2.22. The molecular weight excluding hydrogens is 377 g/mol. The SMILES string of the molecule is O=S(=O)(NCCCOCC1CCCO1)c1ccc(F)cc1Br. The summed E-state index contributed by atoms with van der Waals surface area (Å²) in [6.07, 6.45) is 2.82. The van der Waals surface area contributed by atoms with Gasteiger partial charge >= 0.3 is 0 Å². The summed E-state index contributed by atoms with van der Waals surface area (Å²) in [5.74, 6) is -0.492. The van der Waals surface area contributed by atoms with Crippen LogP contribution >= 0.6 is 15.9 Å². The summed E-state index contributed by atoms with van der Waals surface area (Å²) in [6, 6.07) is 3.47. The van der Waals surface area contributed by atoms with Crippen LogP contribution in [0, 0.1) is 5.82 Å². The van der Waals surface area contributed by atoms with Crippen molar-refractivity contribution in [3.63, 3.8) is 0 Å². The van der Waals surface area contributed by atoms with E-state index < -0.39 is 15.8 Å². The van der Waals surface area contributed by atoms with Crippen molar-refractivity contribution in [3.8, 4) is 0 Å². The number of sulfonamides is 1. The van der Waals surface area contributed by atoms with Gasteiger partial charge in [0.1, 0.15) is 5.82 Å². The van der Waals surface area contributed by atoms with Crippen molar-refractivity contribution in [2.45, 2.75) is 30.3 Å². The molecule has 1 N–H and O–H groups in total. The smallest absolute Gasteiger partial charge is 0.241 e. The molecule has 0 amide bonds. The van der Waals surface area contributed by atoms with Gasteiger partial charge in [-0.2, -0.15) is 0 Å². The molecule has 0 aliphatic carbocycles. The number of nitrogens with one attached hydrogen (secondary N) is 1. The van der Waals surface area contributed by atoms with E-state index in [9.17, 15) is 12.8 Å². The van der Waals surface area contributed by atoms with Gasteiger partial charge in [0, 0.05) is 24.2 Å². The fraction of sp³-hybridized carbons (Fsp3) is 0.571. The Labute approximate surface area is 138 Å². The first-order chi connectivity index (χ1) is 10.5. The Bertz CT molecular complexity index is 591. The molecule has 1 fully saturated rings. The highest BCUT2D eigenvalue weighted by Gasteiger charge is 2.18. The maximum Gasteiger partial charge on any atom is 0.241 e. The average Bonchev–Trinajstić information content (AvgIpc) is 2.95. The standard InChI is InChI=1S/C14H19BrFNO4S/c15-13-9-11(16)4-5-14(13)22(18,19)17-6-2-7-20-10-12-3-1-8-21-12/h4-5,9,12,17H,1-3,6-8,10H2. The lowest BCUT2D eigenvalue weighted by atomic mass is 10.2. The zero-order valence-corrected chi connectivity index (χ0v) is 14.5. The molecule has 1 atom stereocenters. The van der Waals surface area contributed by atoms with Gasteiger partial charge in [0.15, 0.2) is 0 Å². The molecule has 1 aromatic rings. The molecule has 1 unspecified atom stereocenters. The van der Waals surface area contributed by atoms with Crippen LogP contribution < -0.4 is 4.72 Å². The van der Waals surface area contributed by atoms with Crippen molar-refractivity contribution in [1.82, 2.24) is 4.72 Å². The Morgan fingerprint density at radius 3 is 2.95 bits per heavy atom. The third kappa shape index (κ3) is 5.27. The summed E-state index contributed by atoms with van der Waals surface area (Å²) in [7, 11) is -3.65. The summed E-state index contributed by atoms with van der Waals surface area (Å²) >= 11 is 3.06. The molecule has 1 heterocycles. The molecule has 0 bridgehead atoms. The van der Waals surface area contributed by atoms with Gasteiger partial charge in [0.25, 0.3) is 0 Å². The third-order valence-corrected chi connectivity index (χ3v) is 5.71. The van der Waals surface area contributed by atoms with Crippen LogP contribution in [0.2, 0.25) is 0 Å². The maximum absolute atomic E-state index is 13.0. The van der Waals surface area contributed by atoms with Crippen molar-refractivity contribution in [3.05, 3.63) is 28.5 Å². The zero-order valence-electron chi connectivity index (χ0n) is 12.1. The molecule has 1 saturated heterocycles. The maximum atomic E-state index is 13.0. The van der Waals surface area contributed by atoms with Crippen LogP contribution in [0.15, 0.2) is 27.6 Å². The number of halogens is 2. The summed E-state index contributed by atoms with van der Waals surface area (Å²) in [5, 5.41) is 0. The molecule has 8 heteroatoms. The number of rotatable bonds is 8. The van der Waals surface area contributed by atoms with Crippen molar-refractivity contribution < 1.29 is 22.3 Å². The lowest BCUT2D eigenvalue weighted by Gasteiger charge is -2.11. The van der Waals surface area contributed by atoms with Gasteiger partial charge < -0.3 is 9.47 Å². The quantitative estimate of drug-likeness (QED) is 0.686. The second-order valence-corrected chi connectivity index (χ2v) is 7.63. The van der Waals surface area contributed by atoms with E-state index in [1.54, 1.807) is 0 Å². The highest BCUT2D eigenvalue weighted by molar-refractivity contribution is 9.10. The van der Waals surface area contributed by atoms with Gasteiger partial charge in [-0.3, -0.25) is 0 Å². The van der Waals surface area contributed by atoms with Gasteiger partial charge in [0.05, 0.1) is 17.6 Å². The second-order valence-electron chi connectivity index (χ2n) is 5.04. The summed E-state index contributed by atoms with van der Waals surface area (Å²) in [5.41, 5.74) is 0. The first-order valence-electron chi connectivity index (χ1n) is 7.13. The van der Waals surface area contributed by atoms with Crippen LogP contribution in [0.1, 0.15) is 19.3 Å². The van der Waals surface area contributed by atoms with Gasteiger partial charge in [-0.15, -0.1) is 0 Å². The van der Waals surface area contributed by atoms with Crippen LogP contribution in [0.4, 0.5) is 4.39 Å². The number of benzene rings is 1. The predicted molar refractivity (Wildman–Crippen MR) is 83.7 cm³/mol. The van der Waals surface area contributed by atoms with Crippen molar-refractivity contribution in [1.29, 1.82) is 0 Å². The first kappa shape index (κ1) is 17.8. The fourth-order valence-electron chi connectivity index (χ4n) is 2.14. The molecule has 0 aromatic heterocycles. The third-order valence-electron chi connectivity index (χ3n) is 3.27. The summed E-state index contributed by atoms with van der Waals surface area (Å²) in [4.78, 5) is 0.0224. The Balaban J connectivity index is 1.71. The van der Waals surface area contributed by atoms with Gasteiger partial charge in [-0.1, -0.05) is 0 Å². The molecule has 1 aromatic carbocycles. The predicted octanol–water partition coefficient (Wildman–Crippen LogP) is 2.45. The fourth-order valence-corrected chi connectivity index (χ4v) is 4.26. The lowest BCUT2D eigenvalue weighted by molar-refractivity contribution is 0.0169. The van der Waals surface area contributed by atoms with Gasteiger partial charge in [-0.25, -0.2) is 17.5 Å². The highest BCUT2D eigenvalue weighted by atomic mass is 79.9. The lowest BCUT2D eigenvalue weighted by Crippen LogP contribution is -2.26. The van der Waals surface area contributed by atoms with Crippen molar-refractivity contribution in [2.24, 2.45) is 0 Å². The molecule has 0 spiro atoms. The zero-order chi connectivity index (χ0) is 16.0. The van der Waals surface area contributed by atoms with E-state index in [-0.39, 0.29) is 22.0 Å². The Hall–Kier alpha value is -0.540. The van der Waals surface area contributed by atoms with E-state index in [0.717, 1.165) is 31.6 Å². The van der Waals surface area contributed by atoms with Gasteiger partial charge in [-0.05, 0) is 53.4 Å². The molecule has 2 rings (SSSR count). The van der Waals surface area contributed by atoms with Crippen molar-refractivity contribution >= 4 is 26.0 Å². The minimum atomic E-state index is -3.65. The van der Waals surface area contributed by atoms with E-state index in [1.807, 2.05) is 0 Å². The number of hydrogen-bond acceptors (Lipinski definition) is 4. The topological polar surface area (TPSA) is 64.6 Å². The van der Waals surface area contributed by atoms with Crippen LogP contribution in [0.25, 0.3) is 0 Å². The van der Waals surface area contributed by atoms with Gasteiger partial charge in [0.2, 0.25) is 10.0 Å². The Morgan fingerprint density at radius 2 is 2.27 bits per heavy atom. The van der Waals surface area contributed by atoms with E-state index >= 15 is 0 Å². The molecule has 1 aliphatic rings. The molecule has 0 saturated carbocycles. The minimum Gasteiger partial charge on any atom is -0.379 e. The van der Waals surface area contributed by atoms with E-state index in [2.05, 4.69) is 20.7 Å². The molecular formula is C14H19BrFNO4S. The first-order valence-corrected chi connectivity index (χ1v) is 9.41. The molecule has 22 heavy (non-hydrogen) atoms. The Kier molecular flexibility index (Phi) is 6.76. The molecule has 1 aliphatic heterocycles. The van der Waals surface area contributed by atoms with E-state index in [1.165, 1.54) is 6.07 Å². The van der Waals surface area contributed by atoms with E-state index in [0.29, 0.717) is 19.6 Å². The number of ether oxygens (including phenoxy) is 2. The monoisotopic (exact) mass is 395 g/mol.